The van der Waals surface area contributed by atoms with Crippen LogP contribution in [0.3, 0.4) is 0 Å². The number of hydrogen-bond donors (Lipinski definition) is 3. The summed E-state index contributed by atoms with van der Waals surface area (Å²) in [5, 5.41) is 3.24. The Balaban J connectivity index is 1.18. The first-order chi connectivity index (χ1) is 17.5. The largest absolute Gasteiger partial charge is 0.350 e. The second-order valence-corrected chi connectivity index (χ2v) is 11.1. The molecule has 1 saturated carbocycles. The topological polar surface area (TPSA) is 73.5 Å². The van der Waals surface area contributed by atoms with Gasteiger partial charge in [-0.1, -0.05) is 73.9 Å². The van der Waals surface area contributed by atoms with Crippen LogP contribution >= 0.6 is 0 Å². The molecule has 0 spiro atoms. The number of hydrazine groups is 1. The van der Waals surface area contributed by atoms with E-state index in [0.717, 1.165) is 19.4 Å². The van der Waals surface area contributed by atoms with Gasteiger partial charge in [-0.3, -0.25) is 20.4 Å². The Morgan fingerprint density at radius 1 is 0.972 bits per heavy atom. The van der Waals surface area contributed by atoms with Crippen molar-refractivity contribution in [1.29, 1.82) is 0 Å². The van der Waals surface area contributed by atoms with Crippen LogP contribution < -0.4 is 16.2 Å². The Morgan fingerprint density at radius 3 is 2.47 bits per heavy atom. The highest BCUT2D eigenvalue weighted by atomic mass is 16.2. The fraction of sp³-hybridized carbons (Fsp3) is 0.533. The molecule has 0 radical (unpaired) electrons. The minimum atomic E-state index is -0.346. The molecule has 6 nitrogen and oxygen atoms in total. The number of nitrogens with one attached hydrogen (secondary N) is 3. The zero-order chi connectivity index (χ0) is 25.0. The summed E-state index contributed by atoms with van der Waals surface area (Å²) in [4.78, 5) is 27.3. The molecule has 1 aliphatic carbocycles. The monoisotopic (exact) mass is 488 g/mol. The van der Waals surface area contributed by atoms with Gasteiger partial charge in [-0.25, -0.2) is 0 Å². The third-order valence-corrected chi connectivity index (χ3v) is 8.59. The Morgan fingerprint density at radius 2 is 1.72 bits per heavy atom. The fourth-order valence-corrected chi connectivity index (χ4v) is 6.45. The second-order valence-electron chi connectivity index (χ2n) is 11.1. The number of carbonyl (C=O) groups excluding carboxylic acids is 2. The van der Waals surface area contributed by atoms with Crippen molar-refractivity contribution in [3.63, 3.8) is 0 Å². The zero-order valence-electron chi connectivity index (χ0n) is 21.5. The number of carbonyl (C=O) groups is 2. The lowest BCUT2D eigenvalue weighted by atomic mass is 9.84. The van der Waals surface area contributed by atoms with E-state index in [-0.39, 0.29) is 17.4 Å². The molecule has 36 heavy (non-hydrogen) atoms. The number of benzene rings is 2. The first-order valence-corrected chi connectivity index (χ1v) is 13.7. The van der Waals surface area contributed by atoms with E-state index in [0.29, 0.717) is 37.3 Å². The van der Waals surface area contributed by atoms with Gasteiger partial charge in [-0.05, 0) is 54.7 Å². The van der Waals surface area contributed by atoms with Gasteiger partial charge in [0.15, 0.2) is 0 Å². The molecule has 192 valence electrons. The van der Waals surface area contributed by atoms with Crippen molar-refractivity contribution in [2.75, 3.05) is 13.6 Å². The molecular weight excluding hydrogens is 448 g/mol. The Bertz CT molecular complexity index is 1040. The van der Waals surface area contributed by atoms with Crippen LogP contribution in [0.15, 0.2) is 54.6 Å². The van der Waals surface area contributed by atoms with Crippen LogP contribution in [0.2, 0.25) is 0 Å². The Labute approximate surface area is 215 Å². The average molecular weight is 489 g/mol. The lowest BCUT2D eigenvalue weighted by Crippen LogP contribution is -2.46. The van der Waals surface area contributed by atoms with Gasteiger partial charge < -0.3 is 10.2 Å². The van der Waals surface area contributed by atoms with Crippen molar-refractivity contribution in [3.8, 4) is 11.1 Å². The quantitative estimate of drug-likeness (QED) is 0.521. The maximum Gasteiger partial charge on any atom is 0.222 e. The van der Waals surface area contributed by atoms with E-state index in [9.17, 15) is 9.59 Å². The molecule has 4 unspecified atom stereocenters. The summed E-state index contributed by atoms with van der Waals surface area (Å²) < 4.78 is 0. The zero-order valence-corrected chi connectivity index (χ0v) is 21.5. The van der Waals surface area contributed by atoms with Crippen LogP contribution in [0.4, 0.5) is 0 Å². The molecule has 0 bridgehead atoms. The minimum Gasteiger partial charge on any atom is -0.350 e. The fourth-order valence-electron chi connectivity index (χ4n) is 6.45. The number of likely N-dealkylation sites (N-methyl/N-ethyl adjacent to an activating group) is 1. The van der Waals surface area contributed by atoms with Gasteiger partial charge in [-0.2, -0.15) is 0 Å². The van der Waals surface area contributed by atoms with Gasteiger partial charge in [0, 0.05) is 44.1 Å². The number of fused-ring (bicyclic) bond motifs is 1. The molecule has 4 atom stereocenters. The first kappa shape index (κ1) is 25.0. The maximum atomic E-state index is 13.2. The molecule has 3 fully saturated rings. The normalized spacial score (nSPS) is 27.8. The van der Waals surface area contributed by atoms with Gasteiger partial charge in [0.25, 0.3) is 0 Å². The average Bonchev–Trinajstić information content (AvgIpc) is 3.36. The number of hydrogen-bond acceptors (Lipinski definition) is 4. The van der Waals surface area contributed by atoms with Gasteiger partial charge in [0.05, 0.1) is 0 Å². The molecule has 2 aromatic rings. The van der Waals surface area contributed by atoms with Crippen LogP contribution in [0, 0.1) is 5.92 Å². The molecule has 2 heterocycles. The predicted octanol–water partition coefficient (Wildman–Crippen LogP) is 4.21. The minimum absolute atomic E-state index is 0.0948. The molecule has 5 rings (SSSR count). The predicted molar refractivity (Wildman–Crippen MR) is 143 cm³/mol. The Hall–Kier alpha value is -2.70. The molecule has 0 aromatic heterocycles. The summed E-state index contributed by atoms with van der Waals surface area (Å²) in [5.74, 6) is 0.855. The molecule has 6 heteroatoms. The van der Waals surface area contributed by atoms with Crippen molar-refractivity contribution < 1.29 is 9.59 Å². The van der Waals surface area contributed by atoms with Crippen molar-refractivity contribution in [2.24, 2.45) is 5.92 Å². The van der Waals surface area contributed by atoms with E-state index in [1.807, 2.05) is 18.0 Å². The van der Waals surface area contributed by atoms with Gasteiger partial charge >= 0.3 is 0 Å². The van der Waals surface area contributed by atoms with Crippen molar-refractivity contribution in [1.82, 2.24) is 21.1 Å². The number of rotatable bonds is 8. The molecule has 3 N–H and O–H groups in total. The van der Waals surface area contributed by atoms with Crippen molar-refractivity contribution in [2.45, 2.75) is 81.8 Å². The summed E-state index contributed by atoms with van der Waals surface area (Å²) in [7, 11) is 1.93. The highest BCUT2D eigenvalue weighted by Gasteiger charge is 2.39. The van der Waals surface area contributed by atoms with Gasteiger partial charge in [-0.15, -0.1) is 0 Å². The van der Waals surface area contributed by atoms with Gasteiger partial charge in [0.1, 0.15) is 0 Å². The number of nitrogens with zero attached hydrogens (tertiary/aromatic N) is 1. The summed E-state index contributed by atoms with van der Waals surface area (Å²) >= 11 is 0. The lowest BCUT2D eigenvalue weighted by molar-refractivity contribution is -0.131. The first-order valence-electron chi connectivity index (χ1n) is 13.7. The smallest absolute Gasteiger partial charge is 0.222 e. The van der Waals surface area contributed by atoms with Crippen LogP contribution in [0.1, 0.15) is 63.4 Å². The molecular formula is C30H40N4O2. The maximum absolute atomic E-state index is 13.2. The van der Waals surface area contributed by atoms with Crippen molar-refractivity contribution in [3.05, 3.63) is 60.2 Å². The van der Waals surface area contributed by atoms with E-state index in [4.69, 9.17) is 0 Å². The highest BCUT2D eigenvalue weighted by molar-refractivity contribution is 5.80. The van der Waals surface area contributed by atoms with Crippen LogP contribution in [-0.2, 0) is 16.0 Å². The van der Waals surface area contributed by atoms with Crippen LogP contribution in [0.25, 0.3) is 11.1 Å². The highest BCUT2D eigenvalue weighted by Crippen LogP contribution is 2.32. The van der Waals surface area contributed by atoms with Crippen LogP contribution in [-0.4, -0.2) is 47.9 Å². The SMILES string of the molecule is CN(CC1NNC2CCCCCC21)C(=O)CCC1(Cc2ccc(-c3ccccc3)cc2)CCC(=O)N1. The van der Waals surface area contributed by atoms with E-state index in [1.54, 1.807) is 0 Å². The van der Waals surface area contributed by atoms with Crippen LogP contribution in [0.5, 0.6) is 0 Å². The lowest BCUT2D eigenvalue weighted by Gasteiger charge is -2.31. The molecule has 3 aliphatic rings. The summed E-state index contributed by atoms with van der Waals surface area (Å²) in [6.45, 7) is 0.729. The van der Waals surface area contributed by atoms with E-state index >= 15 is 0 Å². The molecule has 2 aromatic carbocycles. The van der Waals surface area contributed by atoms with Gasteiger partial charge in [0.2, 0.25) is 11.8 Å². The second kappa shape index (κ2) is 11.1. The third-order valence-electron chi connectivity index (χ3n) is 8.59. The molecule has 2 amide bonds. The summed E-state index contributed by atoms with van der Waals surface area (Å²) in [5.41, 5.74) is 10.2. The molecule has 2 aliphatic heterocycles. The standard InChI is InChI=1S/C30H40N4O2/c1-34(21-27-25-10-6-3-7-11-26(25)32-33-27)29(36)17-19-30(18-16-28(35)31-30)20-22-12-14-24(15-13-22)23-8-4-2-5-9-23/h2,4-5,8-9,12-15,25-27,32-33H,3,6-7,10-11,16-21H2,1H3,(H,31,35). The number of amides is 2. The van der Waals surface area contributed by atoms with E-state index in [1.165, 1.54) is 48.8 Å². The van der Waals surface area contributed by atoms with E-state index < -0.39 is 0 Å². The summed E-state index contributed by atoms with van der Waals surface area (Å²) in [6, 6.07) is 19.8. The van der Waals surface area contributed by atoms with Crippen molar-refractivity contribution >= 4 is 11.8 Å². The third kappa shape index (κ3) is 5.81. The Kier molecular flexibility index (Phi) is 7.73. The molecule has 2 saturated heterocycles. The van der Waals surface area contributed by atoms with E-state index in [2.05, 4.69) is 64.7 Å². The summed E-state index contributed by atoms with van der Waals surface area (Å²) in [6.07, 6.45) is 9.54.